The monoisotopic (exact) mass is 424 g/mol. The first-order valence-electron chi connectivity index (χ1n) is 10.0. The number of carbonyl (C=O) groups is 1. The number of fused-ring (bicyclic) bond motifs is 1. The quantitative estimate of drug-likeness (QED) is 0.693. The van der Waals surface area contributed by atoms with Crippen LogP contribution in [0, 0.1) is 0 Å². The Morgan fingerprint density at radius 2 is 1.83 bits per heavy atom. The van der Waals surface area contributed by atoms with Crippen LogP contribution in [0.25, 0.3) is 5.70 Å². The molecule has 2 aromatic rings. The zero-order valence-corrected chi connectivity index (χ0v) is 18.1. The summed E-state index contributed by atoms with van der Waals surface area (Å²) in [5, 5.41) is 7.23. The van der Waals surface area contributed by atoms with Crippen LogP contribution in [0.4, 0.5) is 5.69 Å². The van der Waals surface area contributed by atoms with Crippen molar-refractivity contribution >= 4 is 34.8 Å². The Morgan fingerprint density at radius 1 is 1.13 bits per heavy atom. The van der Waals surface area contributed by atoms with Crippen molar-refractivity contribution in [2.24, 2.45) is 5.10 Å². The summed E-state index contributed by atoms with van der Waals surface area (Å²) in [5.41, 5.74) is 2.36. The van der Waals surface area contributed by atoms with Gasteiger partial charge < -0.3 is 14.5 Å². The van der Waals surface area contributed by atoms with Gasteiger partial charge in [-0.15, -0.1) is 5.10 Å². The second-order valence-corrected chi connectivity index (χ2v) is 7.93. The van der Waals surface area contributed by atoms with E-state index in [0.29, 0.717) is 24.0 Å². The fraction of sp³-hybridized carbons (Fsp3) is 0.304. The molecule has 0 bridgehead atoms. The number of esters is 1. The lowest BCUT2D eigenvalue weighted by Gasteiger charge is -2.38. The largest absolute Gasteiger partial charge is 0.460 e. The van der Waals surface area contributed by atoms with Crippen molar-refractivity contribution in [3.05, 3.63) is 71.3 Å². The minimum absolute atomic E-state index is 0.300. The summed E-state index contributed by atoms with van der Waals surface area (Å²) in [6.07, 6.45) is 2.17. The van der Waals surface area contributed by atoms with Crippen LogP contribution in [0.2, 0.25) is 5.02 Å². The number of carbonyl (C=O) groups excluding carboxylic acids is 1. The zero-order valence-electron chi connectivity index (χ0n) is 17.4. The molecule has 6 nitrogen and oxygen atoms in total. The van der Waals surface area contributed by atoms with Crippen LogP contribution in [-0.2, 0) is 9.53 Å². The van der Waals surface area contributed by atoms with E-state index in [1.165, 1.54) is 0 Å². The maximum Gasteiger partial charge on any atom is 0.376 e. The number of hydrogen-bond donors (Lipinski definition) is 0. The molecule has 1 atom stereocenters. The van der Waals surface area contributed by atoms with E-state index >= 15 is 0 Å². The van der Waals surface area contributed by atoms with Gasteiger partial charge in [-0.05, 0) is 49.8 Å². The highest BCUT2D eigenvalue weighted by atomic mass is 35.5. The zero-order chi connectivity index (χ0) is 21.3. The van der Waals surface area contributed by atoms with Crippen molar-refractivity contribution in [3.63, 3.8) is 0 Å². The fourth-order valence-corrected chi connectivity index (χ4v) is 4.08. The normalized spacial score (nSPS) is 21.0. The molecular weight excluding hydrogens is 400 g/mol. The van der Waals surface area contributed by atoms with E-state index in [-0.39, 0.29) is 0 Å². The van der Waals surface area contributed by atoms with E-state index < -0.39 is 11.6 Å². The van der Waals surface area contributed by atoms with E-state index in [2.05, 4.69) is 37.1 Å². The van der Waals surface area contributed by atoms with E-state index in [4.69, 9.17) is 21.4 Å². The molecule has 0 N–H and O–H groups in total. The predicted octanol–water partition coefficient (Wildman–Crippen LogP) is 4.04. The van der Waals surface area contributed by atoms with Crippen molar-refractivity contribution < 1.29 is 9.53 Å². The van der Waals surface area contributed by atoms with Crippen LogP contribution >= 0.6 is 11.6 Å². The van der Waals surface area contributed by atoms with Crippen LogP contribution in [0.15, 0.2) is 65.8 Å². The molecule has 156 valence electrons. The number of likely N-dealkylation sites (N-methyl/N-ethyl adjacent to an activating group) is 1. The number of hydrogen-bond acceptors (Lipinski definition) is 6. The lowest BCUT2D eigenvalue weighted by Crippen LogP contribution is -2.54. The number of anilines is 1. The highest BCUT2D eigenvalue weighted by Crippen LogP contribution is 2.39. The molecule has 0 radical (unpaired) electrons. The van der Waals surface area contributed by atoms with Crippen molar-refractivity contribution in [1.82, 2.24) is 9.80 Å². The van der Waals surface area contributed by atoms with E-state index in [9.17, 15) is 4.79 Å². The molecule has 4 rings (SSSR count). The SMILES string of the molecule is CCOC(=O)C1=NN(c2ccc(Cl)cc2)C2(C)C=C(c3ccccc3)N(C)CCN12. The molecule has 2 aromatic carbocycles. The van der Waals surface area contributed by atoms with Gasteiger partial charge in [0.05, 0.1) is 12.3 Å². The van der Waals surface area contributed by atoms with Crippen LogP contribution < -0.4 is 5.01 Å². The van der Waals surface area contributed by atoms with Gasteiger partial charge in [-0.3, -0.25) is 0 Å². The summed E-state index contributed by atoms with van der Waals surface area (Å²) in [4.78, 5) is 17.0. The Morgan fingerprint density at radius 3 is 2.50 bits per heavy atom. The van der Waals surface area contributed by atoms with Crippen LogP contribution in [0.1, 0.15) is 19.4 Å². The Balaban J connectivity index is 1.86. The highest BCUT2D eigenvalue weighted by molar-refractivity contribution is 6.36. The maximum absolute atomic E-state index is 12.7. The number of halogens is 1. The van der Waals surface area contributed by atoms with Gasteiger partial charge in [0.25, 0.3) is 0 Å². The van der Waals surface area contributed by atoms with Crippen molar-refractivity contribution in [2.45, 2.75) is 19.5 Å². The first-order chi connectivity index (χ1) is 14.4. The molecule has 30 heavy (non-hydrogen) atoms. The molecule has 7 heteroatoms. The molecule has 1 unspecified atom stereocenters. The van der Waals surface area contributed by atoms with Crippen molar-refractivity contribution in [1.29, 1.82) is 0 Å². The third-order valence-electron chi connectivity index (χ3n) is 5.50. The molecule has 0 fully saturated rings. The summed E-state index contributed by atoms with van der Waals surface area (Å²) in [6, 6.07) is 17.7. The number of benzene rings is 2. The Labute approximate surface area is 182 Å². The number of hydrazone groups is 1. The summed E-state index contributed by atoms with van der Waals surface area (Å²) in [7, 11) is 2.07. The summed E-state index contributed by atoms with van der Waals surface area (Å²) < 4.78 is 5.31. The minimum Gasteiger partial charge on any atom is -0.460 e. The lowest BCUT2D eigenvalue weighted by atomic mass is 10.0. The van der Waals surface area contributed by atoms with E-state index in [0.717, 1.165) is 23.5 Å². The Hall–Kier alpha value is -2.99. The molecular formula is C23H25ClN4O2. The molecule has 0 saturated heterocycles. The molecule has 2 aliphatic heterocycles. The fourth-order valence-electron chi connectivity index (χ4n) is 3.95. The van der Waals surface area contributed by atoms with Gasteiger partial charge in [-0.2, -0.15) is 0 Å². The number of rotatable bonds is 4. The van der Waals surface area contributed by atoms with Gasteiger partial charge >= 0.3 is 5.97 Å². The standard InChI is InChI=1S/C23H25ClN4O2/c1-4-30-22(29)21-25-28(19-12-10-18(24)11-13-19)23(2)16-20(17-8-6-5-7-9-17)26(3)14-15-27(21)23/h5-13,16H,4,14-15H2,1-3H3. The summed E-state index contributed by atoms with van der Waals surface area (Å²) >= 11 is 6.10. The molecule has 0 saturated carbocycles. The second-order valence-electron chi connectivity index (χ2n) is 7.50. The number of amidine groups is 1. The number of ether oxygens (including phenoxy) is 1. The average molecular weight is 425 g/mol. The van der Waals surface area contributed by atoms with Gasteiger partial charge in [-0.25, -0.2) is 9.80 Å². The molecule has 2 heterocycles. The predicted molar refractivity (Wildman–Crippen MR) is 120 cm³/mol. The Bertz CT molecular complexity index is 990. The second kappa shape index (κ2) is 8.03. The Kier molecular flexibility index (Phi) is 5.43. The first kappa shape index (κ1) is 20.3. The van der Waals surface area contributed by atoms with Gasteiger partial charge in [0.2, 0.25) is 5.84 Å². The minimum atomic E-state index is -0.689. The van der Waals surface area contributed by atoms with Crippen LogP contribution in [0.5, 0.6) is 0 Å². The summed E-state index contributed by atoms with van der Waals surface area (Å²) in [5.74, 6) is -0.104. The van der Waals surface area contributed by atoms with Gasteiger partial charge in [0, 0.05) is 30.9 Å². The lowest BCUT2D eigenvalue weighted by molar-refractivity contribution is -0.136. The highest BCUT2D eigenvalue weighted by Gasteiger charge is 2.48. The third-order valence-corrected chi connectivity index (χ3v) is 5.76. The topological polar surface area (TPSA) is 48.4 Å². The van der Waals surface area contributed by atoms with E-state index in [1.54, 1.807) is 6.92 Å². The average Bonchev–Trinajstić information content (AvgIpc) is 2.96. The summed E-state index contributed by atoms with van der Waals surface area (Å²) in [6.45, 7) is 5.53. The maximum atomic E-state index is 12.7. The molecule has 0 amide bonds. The molecule has 0 aliphatic carbocycles. The van der Waals surface area contributed by atoms with Gasteiger partial charge in [-0.1, -0.05) is 41.9 Å². The smallest absolute Gasteiger partial charge is 0.376 e. The van der Waals surface area contributed by atoms with E-state index in [1.807, 2.05) is 52.4 Å². The molecule has 2 aliphatic rings. The van der Waals surface area contributed by atoms with Crippen molar-refractivity contribution in [3.8, 4) is 0 Å². The van der Waals surface area contributed by atoms with Gasteiger partial charge in [0.15, 0.2) is 5.66 Å². The van der Waals surface area contributed by atoms with Crippen LogP contribution in [0.3, 0.4) is 0 Å². The number of nitrogens with zero attached hydrogens (tertiary/aromatic N) is 4. The first-order valence-corrected chi connectivity index (χ1v) is 10.4. The van der Waals surface area contributed by atoms with Gasteiger partial charge in [0.1, 0.15) is 0 Å². The third kappa shape index (κ3) is 3.52. The molecule has 0 aromatic heterocycles. The van der Waals surface area contributed by atoms with Crippen molar-refractivity contribution in [2.75, 3.05) is 31.8 Å². The van der Waals surface area contributed by atoms with Crippen LogP contribution in [-0.4, -0.2) is 54.0 Å². The molecule has 0 spiro atoms.